The quantitative estimate of drug-likeness (QED) is 0.630. The predicted molar refractivity (Wildman–Crippen MR) is 48.1 cm³/mol. The van der Waals surface area contributed by atoms with Crippen molar-refractivity contribution in [2.24, 2.45) is 0 Å². The molecule has 13 heavy (non-hydrogen) atoms. The van der Waals surface area contributed by atoms with Gasteiger partial charge in [0.15, 0.2) is 0 Å². The van der Waals surface area contributed by atoms with Gasteiger partial charge in [-0.05, 0) is 20.0 Å². The maximum atomic E-state index is 8.81. The monoisotopic (exact) mass is 176 g/mol. The lowest BCUT2D eigenvalue weighted by molar-refractivity contribution is 0.392. The van der Waals surface area contributed by atoms with Crippen LogP contribution in [-0.2, 0) is 0 Å². The zero-order chi connectivity index (χ0) is 9.26. The summed E-state index contributed by atoms with van der Waals surface area (Å²) in [6.07, 6.45) is 4.49. The van der Waals surface area contributed by atoms with Gasteiger partial charge in [0.05, 0.1) is 12.5 Å². The molecule has 0 spiro atoms. The van der Waals surface area contributed by atoms with Gasteiger partial charge in [0.2, 0.25) is 0 Å². The van der Waals surface area contributed by atoms with Gasteiger partial charge in [0, 0.05) is 12.6 Å². The van der Waals surface area contributed by atoms with Gasteiger partial charge < -0.3 is 9.47 Å². The lowest BCUT2D eigenvalue weighted by Crippen LogP contribution is -2.16. The van der Waals surface area contributed by atoms with Crippen molar-refractivity contribution in [3.63, 3.8) is 0 Å². The van der Waals surface area contributed by atoms with E-state index in [0.717, 1.165) is 19.5 Å². The van der Waals surface area contributed by atoms with Crippen LogP contribution >= 0.6 is 0 Å². The number of hydrogen-bond donors (Lipinski definition) is 0. The van der Waals surface area contributed by atoms with E-state index in [1.165, 1.54) is 0 Å². The summed E-state index contributed by atoms with van der Waals surface area (Å²) in [7, 11) is 2.10. The van der Waals surface area contributed by atoms with Gasteiger partial charge in [-0.2, -0.15) is 5.26 Å². The molecule has 0 amide bonds. The second-order valence-corrected chi connectivity index (χ2v) is 3.50. The van der Waals surface area contributed by atoms with E-state index in [4.69, 9.17) is 5.26 Å². The Morgan fingerprint density at radius 2 is 2.54 bits per heavy atom. The van der Waals surface area contributed by atoms with Gasteiger partial charge in [0.25, 0.3) is 0 Å². The Balaban J connectivity index is 2.22. The molecule has 4 nitrogen and oxygen atoms in total. The second-order valence-electron chi connectivity index (χ2n) is 3.50. The first-order chi connectivity index (χ1) is 6.31. The Labute approximate surface area is 77.4 Å². The molecule has 4 heteroatoms. The van der Waals surface area contributed by atoms with Crippen LogP contribution < -0.4 is 0 Å². The summed E-state index contributed by atoms with van der Waals surface area (Å²) in [6.45, 7) is 2.12. The number of aromatic nitrogens is 2. The summed E-state index contributed by atoms with van der Waals surface area (Å²) in [6, 6.07) is 2.58. The number of imidazole rings is 1. The Morgan fingerprint density at radius 3 is 3.15 bits per heavy atom. The maximum Gasteiger partial charge on any atom is 0.140 e. The van der Waals surface area contributed by atoms with Crippen molar-refractivity contribution in [1.82, 2.24) is 14.5 Å². The number of likely N-dealkylation sites (N-methyl/N-ethyl adjacent to an activating group) is 1. The minimum Gasteiger partial charge on any atom is -0.318 e. The number of nitrogens with zero attached hydrogens (tertiary/aromatic N) is 4. The minimum absolute atomic E-state index is 0.433. The van der Waals surface area contributed by atoms with Crippen molar-refractivity contribution in [2.75, 3.05) is 20.1 Å². The van der Waals surface area contributed by atoms with Gasteiger partial charge >= 0.3 is 0 Å². The largest absolute Gasteiger partial charge is 0.318 e. The van der Waals surface area contributed by atoms with Crippen LogP contribution in [0.3, 0.4) is 0 Å². The maximum absolute atomic E-state index is 8.81. The standard InChI is InChI=1S/C9H12N4/c1-12-3-2-8(6-12)13-7-11-5-9(13)4-10/h5,7-8H,2-3,6H2,1H3. The predicted octanol–water partition coefficient (Wildman–Crippen LogP) is 0.631. The van der Waals surface area contributed by atoms with Crippen LogP contribution in [0.5, 0.6) is 0 Å². The molecule has 0 N–H and O–H groups in total. The molecular formula is C9H12N4. The molecule has 0 aromatic carbocycles. The third-order valence-electron chi connectivity index (χ3n) is 2.54. The molecule has 1 unspecified atom stereocenters. The van der Waals surface area contributed by atoms with Gasteiger partial charge in [-0.25, -0.2) is 4.98 Å². The smallest absolute Gasteiger partial charge is 0.140 e. The highest BCUT2D eigenvalue weighted by Crippen LogP contribution is 2.21. The van der Waals surface area contributed by atoms with E-state index >= 15 is 0 Å². The summed E-state index contributed by atoms with van der Waals surface area (Å²) < 4.78 is 1.98. The first-order valence-electron chi connectivity index (χ1n) is 4.41. The summed E-state index contributed by atoms with van der Waals surface area (Å²) in [5.41, 5.74) is 0.667. The molecule has 0 aliphatic carbocycles. The van der Waals surface area contributed by atoms with Crippen LogP contribution in [0, 0.1) is 11.3 Å². The topological polar surface area (TPSA) is 44.9 Å². The lowest BCUT2D eigenvalue weighted by atomic mass is 10.2. The molecule has 1 saturated heterocycles. The van der Waals surface area contributed by atoms with Crippen molar-refractivity contribution in [3.05, 3.63) is 18.2 Å². The molecule has 1 aromatic heterocycles. The Kier molecular flexibility index (Phi) is 2.03. The summed E-state index contributed by atoms with van der Waals surface area (Å²) >= 11 is 0. The lowest BCUT2D eigenvalue weighted by Gasteiger charge is -2.12. The molecule has 2 heterocycles. The highest BCUT2D eigenvalue weighted by Gasteiger charge is 2.22. The summed E-state index contributed by atoms with van der Waals surface area (Å²) in [5, 5.41) is 8.81. The molecule has 2 rings (SSSR count). The molecule has 1 aliphatic heterocycles. The molecule has 1 aromatic rings. The Hall–Kier alpha value is -1.34. The van der Waals surface area contributed by atoms with Crippen LogP contribution in [0.25, 0.3) is 0 Å². The average molecular weight is 176 g/mol. The molecule has 1 atom stereocenters. The van der Waals surface area contributed by atoms with Crippen molar-refractivity contribution >= 4 is 0 Å². The molecule has 0 saturated carbocycles. The number of likely N-dealkylation sites (tertiary alicyclic amines) is 1. The van der Waals surface area contributed by atoms with Gasteiger partial charge in [-0.15, -0.1) is 0 Å². The molecule has 0 bridgehead atoms. The Morgan fingerprint density at radius 1 is 1.69 bits per heavy atom. The number of nitriles is 1. The average Bonchev–Trinajstić information content (AvgIpc) is 2.71. The van der Waals surface area contributed by atoms with Crippen molar-refractivity contribution < 1.29 is 0 Å². The third-order valence-corrected chi connectivity index (χ3v) is 2.54. The van der Waals surface area contributed by atoms with Crippen LogP contribution in [0.2, 0.25) is 0 Å². The highest BCUT2D eigenvalue weighted by atomic mass is 15.2. The van der Waals surface area contributed by atoms with Crippen LogP contribution in [0.1, 0.15) is 18.2 Å². The van der Waals surface area contributed by atoms with E-state index in [9.17, 15) is 0 Å². The zero-order valence-corrected chi connectivity index (χ0v) is 7.64. The van der Waals surface area contributed by atoms with Crippen molar-refractivity contribution in [3.8, 4) is 6.07 Å². The second kappa shape index (κ2) is 3.19. The summed E-state index contributed by atoms with van der Waals surface area (Å²) in [5.74, 6) is 0. The number of rotatable bonds is 1. The van der Waals surface area contributed by atoms with E-state index in [2.05, 4.69) is 23.0 Å². The summed E-state index contributed by atoms with van der Waals surface area (Å²) in [4.78, 5) is 6.25. The van der Waals surface area contributed by atoms with E-state index in [0.29, 0.717) is 11.7 Å². The van der Waals surface area contributed by atoms with Gasteiger partial charge in [0.1, 0.15) is 11.8 Å². The fourth-order valence-electron chi connectivity index (χ4n) is 1.82. The zero-order valence-electron chi connectivity index (χ0n) is 7.64. The van der Waals surface area contributed by atoms with Gasteiger partial charge in [-0.1, -0.05) is 0 Å². The Bertz CT molecular complexity index is 336. The normalized spacial score (nSPS) is 23.2. The fraction of sp³-hybridized carbons (Fsp3) is 0.556. The van der Waals surface area contributed by atoms with Crippen LogP contribution in [0.15, 0.2) is 12.5 Å². The van der Waals surface area contributed by atoms with Crippen molar-refractivity contribution in [2.45, 2.75) is 12.5 Å². The van der Waals surface area contributed by atoms with E-state index < -0.39 is 0 Å². The van der Waals surface area contributed by atoms with Crippen LogP contribution in [0.4, 0.5) is 0 Å². The molecule has 68 valence electrons. The fourth-order valence-corrected chi connectivity index (χ4v) is 1.82. The van der Waals surface area contributed by atoms with Gasteiger partial charge in [-0.3, -0.25) is 0 Å². The number of hydrogen-bond acceptors (Lipinski definition) is 3. The molecule has 0 radical (unpaired) electrons. The van der Waals surface area contributed by atoms with Crippen LogP contribution in [-0.4, -0.2) is 34.6 Å². The minimum atomic E-state index is 0.433. The van der Waals surface area contributed by atoms with E-state index in [1.807, 2.05) is 4.57 Å². The van der Waals surface area contributed by atoms with E-state index in [-0.39, 0.29) is 0 Å². The molecular weight excluding hydrogens is 164 g/mol. The molecule has 1 fully saturated rings. The highest BCUT2D eigenvalue weighted by molar-refractivity contribution is 5.18. The van der Waals surface area contributed by atoms with Crippen molar-refractivity contribution in [1.29, 1.82) is 5.26 Å². The molecule has 1 aliphatic rings. The SMILES string of the molecule is CN1CCC(n2cncc2C#N)C1. The first kappa shape index (κ1) is 8.27. The third kappa shape index (κ3) is 1.43. The van der Waals surface area contributed by atoms with E-state index in [1.54, 1.807) is 12.5 Å². The first-order valence-corrected chi connectivity index (χ1v) is 4.41.